The summed E-state index contributed by atoms with van der Waals surface area (Å²) in [7, 11) is -3.31. The van der Waals surface area contributed by atoms with Gasteiger partial charge in [-0.3, -0.25) is 4.79 Å². The summed E-state index contributed by atoms with van der Waals surface area (Å²) in [6.07, 6.45) is 11.1. The van der Waals surface area contributed by atoms with Gasteiger partial charge in [0.15, 0.2) is 5.41 Å². The maximum Gasteiger partial charge on any atom is 0.303 e. The van der Waals surface area contributed by atoms with E-state index in [9.17, 15) is 14.7 Å². The van der Waals surface area contributed by atoms with E-state index in [1.165, 1.54) is 6.92 Å². The van der Waals surface area contributed by atoms with Gasteiger partial charge in [0.05, 0.1) is 18.4 Å². The van der Waals surface area contributed by atoms with E-state index in [2.05, 4.69) is 6.58 Å². The predicted octanol–water partition coefficient (Wildman–Crippen LogP) is 4.99. The zero-order valence-electron chi connectivity index (χ0n) is 21.4. The van der Waals surface area contributed by atoms with Gasteiger partial charge in [-0.05, 0) is 59.1 Å². The molecule has 7 heteroatoms. The van der Waals surface area contributed by atoms with E-state index in [-0.39, 0.29) is 24.1 Å². The third-order valence-corrected chi connectivity index (χ3v) is 11.1. The van der Waals surface area contributed by atoms with E-state index in [4.69, 9.17) is 13.9 Å². The van der Waals surface area contributed by atoms with Crippen molar-refractivity contribution in [1.82, 2.24) is 0 Å². The third-order valence-electron chi connectivity index (χ3n) is 6.53. The minimum absolute atomic E-state index is 0.0563. The zero-order chi connectivity index (χ0) is 25.1. The van der Waals surface area contributed by atoms with Gasteiger partial charge in [0.25, 0.3) is 8.32 Å². The van der Waals surface area contributed by atoms with Crippen LogP contribution >= 0.6 is 0 Å². The lowest BCUT2D eigenvalue weighted by Gasteiger charge is -2.40. The lowest BCUT2D eigenvalue weighted by Crippen LogP contribution is -2.62. The van der Waals surface area contributed by atoms with Gasteiger partial charge in [0.2, 0.25) is 0 Å². The number of carbonyl (C=O) groups excluding carboxylic acids is 2. The summed E-state index contributed by atoms with van der Waals surface area (Å²) >= 11 is 0. The van der Waals surface area contributed by atoms with Crippen LogP contribution in [0.2, 0.25) is 6.04 Å². The minimum atomic E-state index is -3.31. The maximum absolute atomic E-state index is 13.9. The Kier molecular flexibility index (Phi) is 12.5. The van der Waals surface area contributed by atoms with Gasteiger partial charge >= 0.3 is 5.97 Å². The highest BCUT2D eigenvalue weighted by Gasteiger charge is 2.53. The summed E-state index contributed by atoms with van der Waals surface area (Å²) in [4.78, 5) is 25.5. The molecule has 0 bridgehead atoms. The van der Waals surface area contributed by atoms with E-state index in [1.54, 1.807) is 13.0 Å². The predicted molar refractivity (Wildman–Crippen MR) is 134 cm³/mol. The molecule has 0 aromatic heterocycles. The van der Waals surface area contributed by atoms with E-state index >= 15 is 0 Å². The average molecular weight is 481 g/mol. The molecule has 1 rings (SSSR count). The number of rotatable bonds is 9. The Morgan fingerprint density at radius 3 is 2.42 bits per heavy atom. The summed E-state index contributed by atoms with van der Waals surface area (Å²) in [5.41, 5.74) is -0.828. The van der Waals surface area contributed by atoms with Crippen molar-refractivity contribution >= 4 is 19.7 Å². The number of aliphatic hydroxyl groups excluding tert-OH is 1. The summed E-state index contributed by atoms with van der Waals surface area (Å²) in [5.74, 6) is -0.326. The highest BCUT2D eigenvalue weighted by molar-refractivity contribution is 7.03. The molecule has 1 heterocycles. The van der Waals surface area contributed by atoms with Crippen molar-refractivity contribution in [2.75, 3.05) is 13.2 Å². The number of hydrogen-bond acceptors (Lipinski definition) is 6. The Bertz CT molecular complexity index is 712. The average Bonchev–Trinajstić information content (AvgIpc) is 2.74. The number of ether oxygens (including phenoxy) is 2. The van der Waals surface area contributed by atoms with Crippen LogP contribution in [0.25, 0.3) is 0 Å². The van der Waals surface area contributed by atoms with Crippen molar-refractivity contribution in [2.24, 2.45) is 5.41 Å². The van der Waals surface area contributed by atoms with Gasteiger partial charge in [-0.2, -0.15) is 0 Å². The molecule has 4 unspecified atom stereocenters. The van der Waals surface area contributed by atoms with Crippen LogP contribution in [-0.4, -0.2) is 55.9 Å². The number of carbonyl (C=O) groups is 2. The van der Waals surface area contributed by atoms with Crippen LogP contribution in [0.5, 0.6) is 0 Å². The molecule has 0 aromatic rings. The molecule has 188 valence electrons. The minimum Gasteiger partial charge on any atom is -0.458 e. The van der Waals surface area contributed by atoms with Crippen LogP contribution in [0.15, 0.2) is 36.5 Å². The van der Waals surface area contributed by atoms with Crippen molar-refractivity contribution in [2.45, 2.75) is 97.6 Å². The van der Waals surface area contributed by atoms with Gasteiger partial charge in [0, 0.05) is 18.9 Å². The number of hydrogen-bond donors (Lipinski definition) is 1. The van der Waals surface area contributed by atoms with Crippen molar-refractivity contribution in [3.05, 3.63) is 36.5 Å². The topological polar surface area (TPSA) is 82.1 Å². The lowest BCUT2D eigenvalue weighted by atomic mass is 9.86. The fourth-order valence-corrected chi connectivity index (χ4v) is 7.84. The van der Waals surface area contributed by atoms with Crippen molar-refractivity contribution in [3.63, 3.8) is 0 Å². The molecule has 0 amide bonds. The molecule has 1 aliphatic rings. The van der Waals surface area contributed by atoms with Crippen LogP contribution in [0, 0.1) is 5.41 Å². The fourth-order valence-electron chi connectivity index (χ4n) is 4.13. The molecule has 0 radical (unpaired) electrons. The molecular weight excluding hydrogens is 436 g/mol. The fraction of sp³-hybridized carbons (Fsp3) is 0.692. The first-order valence-corrected chi connectivity index (χ1v) is 14.3. The van der Waals surface area contributed by atoms with Gasteiger partial charge in [-0.15, -0.1) is 0 Å². The summed E-state index contributed by atoms with van der Waals surface area (Å²) < 4.78 is 17.9. The van der Waals surface area contributed by atoms with E-state index in [0.717, 1.165) is 37.7 Å². The van der Waals surface area contributed by atoms with Crippen molar-refractivity contribution in [3.8, 4) is 0 Å². The van der Waals surface area contributed by atoms with E-state index in [1.807, 2.05) is 45.9 Å². The molecule has 0 aliphatic carbocycles. The molecule has 0 saturated heterocycles. The number of esters is 1. The molecular formula is C26H44O6Si. The smallest absolute Gasteiger partial charge is 0.303 e. The molecule has 0 saturated carbocycles. The molecule has 33 heavy (non-hydrogen) atoms. The second-order valence-electron chi connectivity index (χ2n) is 9.43. The molecule has 1 N–H and O–H groups in total. The normalized spacial score (nSPS) is 25.0. The largest absolute Gasteiger partial charge is 0.458 e. The first kappa shape index (κ1) is 29.5. The third kappa shape index (κ3) is 8.63. The van der Waals surface area contributed by atoms with Crippen LogP contribution < -0.4 is 0 Å². The number of aliphatic hydroxyl groups is 1. The molecule has 0 aromatic carbocycles. The molecule has 0 spiro atoms. The maximum atomic E-state index is 13.9. The van der Waals surface area contributed by atoms with Crippen LogP contribution in [0.3, 0.4) is 0 Å². The molecule has 6 nitrogen and oxygen atoms in total. The Morgan fingerprint density at radius 1 is 1.21 bits per heavy atom. The Hall–Kier alpha value is -1.54. The van der Waals surface area contributed by atoms with Gasteiger partial charge in [0.1, 0.15) is 6.10 Å². The standard InChI is InChI=1S/C26H44O6Si/c1-8-14-20(3)26(6,7)25(29)33(9-2,22(5)28)32-24-17-16-23(31-21(4)27)15-12-10-11-13-18-30-19-24/h8,14,16-17,22-24,28H,1,9-13,15,18-19H2,2-7H3/b17-16+,20-14+. The van der Waals surface area contributed by atoms with Crippen molar-refractivity contribution < 1.29 is 28.6 Å². The highest BCUT2D eigenvalue weighted by Crippen LogP contribution is 2.35. The van der Waals surface area contributed by atoms with Gasteiger partial charge in [-0.1, -0.05) is 50.1 Å². The second-order valence-corrected chi connectivity index (χ2v) is 13.4. The van der Waals surface area contributed by atoms with Crippen LogP contribution in [-0.2, 0) is 23.5 Å². The molecule has 0 fully saturated rings. The Balaban J connectivity index is 3.31. The lowest BCUT2D eigenvalue weighted by molar-refractivity contribution is -0.144. The Labute approximate surface area is 201 Å². The second kappa shape index (κ2) is 14.0. The summed E-state index contributed by atoms with van der Waals surface area (Å²) in [6.45, 7) is 15.3. The van der Waals surface area contributed by atoms with Gasteiger partial charge < -0.3 is 23.8 Å². The SMILES string of the molecule is C=C/C=C(\C)C(C)(C)C(=O)[Si](CC)(OC1/C=C/C(OC(C)=O)CCCCCCOC1)C(C)O. The molecule has 4 atom stereocenters. The first-order chi connectivity index (χ1) is 15.5. The quantitative estimate of drug-likeness (QED) is 0.217. The van der Waals surface area contributed by atoms with Gasteiger partial charge in [-0.25, -0.2) is 0 Å². The Morgan fingerprint density at radius 2 is 1.85 bits per heavy atom. The van der Waals surface area contributed by atoms with Crippen LogP contribution in [0.4, 0.5) is 0 Å². The van der Waals surface area contributed by atoms with E-state index in [0.29, 0.717) is 12.7 Å². The zero-order valence-corrected chi connectivity index (χ0v) is 22.4. The number of allylic oxidation sites excluding steroid dienone is 3. The molecule has 1 aliphatic heterocycles. The highest BCUT2D eigenvalue weighted by atomic mass is 28.4. The van der Waals surface area contributed by atoms with E-state index < -0.39 is 25.6 Å². The summed E-state index contributed by atoms with van der Waals surface area (Å²) in [6, 6.07) is 0.437. The first-order valence-electron chi connectivity index (χ1n) is 12.1. The summed E-state index contributed by atoms with van der Waals surface area (Å²) in [5, 5.41) is 10.8. The van der Waals surface area contributed by atoms with Crippen molar-refractivity contribution in [1.29, 1.82) is 0 Å². The van der Waals surface area contributed by atoms with Crippen LogP contribution in [0.1, 0.15) is 73.6 Å². The monoisotopic (exact) mass is 480 g/mol.